The summed E-state index contributed by atoms with van der Waals surface area (Å²) in [6.07, 6.45) is 3.56. The summed E-state index contributed by atoms with van der Waals surface area (Å²) < 4.78 is 13.4. The SMILES string of the molecule is CNCC1CCCCN1C(C)c1cc(F)ccc1O. The molecule has 1 aromatic rings. The summed E-state index contributed by atoms with van der Waals surface area (Å²) in [7, 11) is 1.96. The summed E-state index contributed by atoms with van der Waals surface area (Å²) in [4.78, 5) is 2.37. The molecule has 0 radical (unpaired) electrons. The number of halogens is 1. The second kappa shape index (κ2) is 6.35. The van der Waals surface area contributed by atoms with Crippen molar-refractivity contribution in [1.82, 2.24) is 10.2 Å². The Morgan fingerprint density at radius 3 is 3.00 bits per heavy atom. The summed E-state index contributed by atoms with van der Waals surface area (Å²) in [6, 6.07) is 4.68. The van der Waals surface area contributed by atoms with Gasteiger partial charge in [-0.05, 0) is 51.6 Å². The van der Waals surface area contributed by atoms with E-state index in [-0.39, 0.29) is 17.6 Å². The standard InChI is InChI=1S/C15H23FN2O/c1-11(14-9-12(16)6-7-15(14)19)18-8-4-3-5-13(18)10-17-2/h6-7,9,11,13,17,19H,3-5,8,10H2,1-2H3. The molecule has 4 heteroatoms. The molecular formula is C15H23FN2O. The molecule has 0 amide bonds. The lowest BCUT2D eigenvalue weighted by Gasteiger charge is -2.40. The Hall–Kier alpha value is -1.13. The minimum Gasteiger partial charge on any atom is -0.508 e. The molecular weight excluding hydrogens is 243 g/mol. The topological polar surface area (TPSA) is 35.5 Å². The molecule has 1 aromatic carbocycles. The largest absolute Gasteiger partial charge is 0.508 e. The van der Waals surface area contributed by atoms with Crippen molar-refractivity contribution in [2.75, 3.05) is 20.1 Å². The summed E-state index contributed by atoms with van der Waals surface area (Å²) >= 11 is 0. The predicted molar refractivity (Wildman–Crippen MR) is 74.8 cm³/mol. The van der Waals surface area contributed by atoms with Gasteiger partial charge < -0.3 is 10.4 Å². The van der Waals surface area contributed by atoms with Crippen LogP contribution in [0.3, 0.4) is 0 Å². The second-order valence-electron chi connectivity index (χ2n) is 5.32. The van der Waals surface area contributed by atoms with Crippen LogP contribution in [0, 0.1) is 5.82 Å². The van der Waals surface area contributed by atoms with Gasteiger partial charge in [0.25, 0.3) is 0 Å². The van der Waals surface area contributed by atoms with Crippen LogP contribution in [-0.2, 0) is 0 Å². The molecule has 1 aliphatic rings. The van der Waals surface area contributed by atoms with E-state index in [1.165, 1.54) is 31.0 Å². The molecule has 0 bridgehead atoms. The zero-order chi connectivity index (χ0) is 13.8. The van der Waals surface area contributed by atoms with Crippen molar-refractivity contribution >= 4 is 0 Å². The van der Waals surface area contributed by atoms with E-state index in [4.69, 9.17) is 0 Å². The van der Waals surface area contributed by atoms with Crippen molar-refractivity contribution in [1.29, 1.82) is 0 Å². The van der Waals surface area contributed by atoms with Gasteiger partial charge in [0.2, 0.25) is 0 Å². The van der Waals surface area contributed by atoms with Gasteiger partial charge in [-0.2, -0.15) is 0 Å². The Morgan fingerprint density at radius 2 is 2.26 bits per heavy atom. The van der Waals surface area contributed by atoms with Crippen molar-refractivity contribution in [3.8, 4) is 5.75 Å². The molecule has 106 valence electrons. The normalized spacial score (nSPS) is 22.4. The third-order valence-corrected chi connectivity index (χ3v) is 4.05. The molecule has 2 atom stereocenters. The fraction of sp³-hybridized carbons (Fsp3) is 0.600. The van der Waals surface area contributed by atoms with Crippen molar-refractivity contribution < 1.29 is 9.50 Å². The van der Waals surface area contributed by atoms with E-state index >= 15 is 0 Å². The number of nitrogens with zero attached hydrogens (tertiary/aromatic N) is 1. The fourth-order valence-corrected chi connectivity index (χ4v) is 3.03. The molecule has 2 unspecified atom stereocenters. The number of hydrogen-bond acceptors (Lipinski definition) is 3. The molecule has 19 heavy (non-hydrogen) atoms. The number of likely N-dealkylation sites (tertiary alicyclic amines) is 1. The molecule has 1 saturated heterocycles. The van der Waals surface area contributed by atoms with Crippen LogP contribution in [0.15, 0.2) is 18.2 Å². The van der Waals surface area contributed by atoms with Gasteiger partial charge in [-0.15, -0.1) is 0 Å². The highest BCUT2D eigenvalue weighted by atomic mass is 19.1. The van der Waals surface area contributed by atoms with Gasteiger partial charge in [-0.25, -0.2) is 4.39 Å². The third-order valence-electron chi connectivity index (χ3n) is 4.05. The van der Waals surface area contributed by atoms with Crippen LogP contribution >= 0.6 is 0 Å². The van der Waals surface area contributed by atoms with Gasteiger partial charge in [-0.3, -0.25) is 4.90 Å². The van der Waals surface area contributed by atoms with Crippen molar-refractivity contribution in [3.63, 3.8) is 0 Å². The van der Waals surface area contributed by atoms with Crippen LogP contribution in [0.4, 0.5) is 4.39 Å². The maximum absolute atomic E-state index is 13.4. The van der Waals surface area contributed by atoms with Crippen molar-refractivity contribution in [2.45, 2.75) is 38.3 Å². The predicted octanol–water partition coefficient (Wildman–Crippen LogP) is 2.67. The Bertz CT molecular complexity index is 423. The average molecular weight is 266 g/mol. The minimum absolute atomic E-state index is 0.0364. The zero-order valence-corrected chi connectivity index (χ0v) is 11.7. The third kappa shape index (κ3) is 3.25. The lowest BCUT2D eigenvalue weighted by atomic mass is 9.96. The quantitative estimate of drug-likeness (QED) is 0.879. The smallest absolute Gasteiger partial charge is 0.123 e. The maximum atomic E-state index is 13.4. The number of aromatic hydroxyl groups is 1. The average Bonchev–Trinajstić information content (AvgIpc) is 2.42. The molecule has 0 saturated carbocycles. The zero-order valence-electron chi connectivity index (χ0n) is 11.7. The highest BCUT2D eigenvalue weighted by Gasteiger charge is 2.28. The number of benzene rings is 1. The molecule has 1 fully saturated rings. The molecule has 2 rings (SSSR count). The van der Waals surface area contributed by atoms with Crippen molar-refractivity contribution in [3.05, 3.63) is 29.6 Å². The first-order valence-electron chi connectivity index (χ1n) is 7.02. The van der Waals surface area contributed by atoms with E-state index in [1.807, 2.05) is 14.0 Å². The molecule has 0 spiro atoms. The van der Waals surface area contributed by atoms with Crippen LogP contribution in [0.25, 0.3) is 0 Å². The van der Waals surface area contributed by atoms with E-state index in [1.54, 1.807) is 0 Å². The van der Waals surface area contributed by atoms with E-state index in [9.17, 15) is 9.50 Å². The number of rotatable bonds is 4. The van der Waals surface area contributed by atoms with E-state index < -0.39 is 0 Å². The van der Waals surface area contributed by atoms with Crippen molar-refractivity contribution in [2.24, 2.45) is 0 Å². The Labute approximate surface area is 114 Å². The molecule has 1 heterocycles. The van der Waals surface area contributed by atoms with Gasteiger partial charge in [0.05, 0.1) is 0 Å². The van der Waals surface area contributed by atoms with Gasteiger partial charge in [0.1, 0.15) is 11.6 Å². The van der Waals surface area contributed by atoms with E-state index in [0.29, 0.717) is 11.6 Å². The van der Waals surface area contributed by atoms with Crippen LogP contribution in [-0.4, -0.2) is 36.2 Å². The number of piperidine rings is 1. The number of phenolic OH excluding ortho intramolecular Hbond substituents is 1. The maximum Gasteiger partial charge on any atom is 0.123 e. The summed E-state index contributed by atoms with van der Waals surface area (Å²) in [6.45, 7) is 3.98. The van der Waals surface area contributed by atoms with Gasteiger partial charge in [-0.1, -0.05) is 6.42 Å². The first-order chi connectivity index (χ1) is 9.13. The molecule has 3 nitrogen and oxygen atoms in total. The Morgan fingerprint density at radius 1 is 1.47 bits per heavy atom. The minimum atomic E-state index is -0.290. The molecule has 0 aliphatic carbocycles. The van der Waals surface area contributed by atoms with Crippen LogP contribution in [0.2, 0.25) is 0 Å². The highest BCUT2D eigenvalue weighted by Crippen LogP contribution is 2.33. The van der Waals surface area contributed by atoms with E-state index in [0.717, 1.165) is 19.5 Å². The first kappa shape index (κ1) is 14.3. The lowest BCUT2D eigenvalue weighted by Crippen LogP contribution is -2.45. The Kier molecular flexibility index (Phi) is 4.77. The van der Waals surface area contributed by atoms with E-state index in [2.05, 4.69) is 10.2 Å². The molecule has 1 aliphatic heterocycles. The summed E-state index contributed by atoms with van der Waals surface area (Å²) in [5.41, 5.74) is 0.683. The first-order valence-corrected chi connectivity index (χ1v) is 7.02. The Balaban J connectivity index is 2.20. The van der Waals surface area contributed by atoms with Crippen LogP contribution < -0.4 is 5.32 Å². The molecule has 2 N–H and O–H groups in total. The van der Waals surface area contributed by atoms with Gasteiger partial charge in [0, 0.05) is 24.2 Å². The lowest BCUT2D eigenvalue weighted by molar-refractivity contribution is 0.102. The highest BCUT2D eigenvalue weighted by molar-refractivity contribution is 5.35. The van der Waals surface area contributed by atoms with Gasteiger partial charge >= 0.3 is 0 Å². The van der Waals surface area contributed by atoms with Crippen LogP contribution in [0.1, 0.15) is 37.8 Å². The summed E-state index contributed by atoms with van der Waals surface area (Å²) in [5, 5.41) is 13.2. The van der Waals surface area contributed by atoms with Gasteiger partial charge in [0.15, 0.2) is 0 Å². The fourth-order valence-electron chi connectivity index (χ4n) is 3.03. The number of likely N-dealkylation sites (N-methyl/N-ethyl adjacent to an activating group) is 1. The molecule has 0 aromatic heterocycles. The van der Waals surface area contributed by atoms with Crippen LogP contribution in [0.5, 0.6) is 5.75 Å². The number of nitrogens with one attached hydrogen (secondary N) is 1. The monoisotopic (exact) mass is 266 g/mol. The number of phenols is 1. The summed E-state index contributed by atoms with van der Waals surface area (Å²) in [5.74, 6) is -0.107. The second-order valence-corrected chi connectivity index (χ2v) is 5.32. The number of hydrogen-bond donors (Lipinski definition) is 2.